The molecule has 0 saturated heterocycles. The van der Waals surface area contributed by atoms with Crippen molar-refractivity contribution in [3.8, 4) is 0 Å². The van der Waals surface area contributed by atoms with Crippen molar-refractivity contribution in [1.29, 1.82) is 0 Å². The van der Waals surface area contributed by atoms with E-state index in [0.717, 1.165) is 0 Å². The van der Waals surface area contributed by atoms with Gasteiger partial charge in [0.15, 0.2) is 0 Å². The number of para-hydroxylation sites is 1. The van der Waals surface area contributed by atoms with Gasteiger partial charge in [0.25, 0.3) is 0 Å². The molecule has 0 spiro atoms. The van der Waals surface area contributed by atoms with Gasteiger partial charge in [-0.25, -0.2) is 4.39 Å². The molecule has 2 aromatic carbocycles. The fraction of sp³-hybridized carbons (Fsp3) is 0.200. The lowest BCUT2D eigenvalue weighted by Gasteiger charge is -2.22. The summed E-state index contributed by atoms with van der Waals surface area (Å²) in [6.45, 7) is 0. The Morgan fingerprint density at radius 3 is 2.24 bits per heavy atom. The first kappa shape index (κ1) is 15.8. The van der Waals surface area contributed by atoms with Crippen molar-refractivity contribution in [1.82, 2.24) is 0 Å². The van der Waals surface area contributed by atoms with E-state index in [4.69, 9.17) is 0 Å². The Morgan fingerprint density at radius 2 is 1.67 bits per heavy atom. The van der Waals surface area contributed by atoms with Crippen LogP contribution < -0.4 is 5.32 Å². The van der Waals surface area contributed by atoms with Crippen molar-refractivity contribution in [3.63, 3.8) is 0 Å². The van der Waals surface area contributed by atoms with Crippen molar-refractivity contribution < 1.29 is 17.6 Å². The van der Waals surface area contributed by atoms with E-state index in [1.165, 1.54) is 12.1 Å². The molecule has 0 amide bonds. The summed E-state index contributed by atoms with van der Waals surface area (Å²) in [6, 6.07) is 11.4. The van der Waals surface area contributed by atoms with Gasteiger partial charge in [-0.2, -0.15) is 13.2 Å². The molecule has 0 bridgehead atoms. The Labute approximate surface area is 128 Å². The normalized spacial score (nSPS) is 13.0. The maximum atomic E-state index is 13.8. The van der Waals surface area contributed by atoms with Crippen LogP contribution in [0.25, 0.3) is 0 Å². The number of benzene rings is 2. The van der Waals surface area contributed by atoms with Gasteiger partial charge in [0, 0.05) is 4.47 Å². The molecule has 2 rings (SSSR count). The van der Waals surface area contributed by atoms with Crippen molar-refractivity contribution in [2.45, 2.75) is 18.6 Å². The smallest absolute Gasteiger partial charge is 0.375 e. The molecule has 21 heavy (non-hydrogen) atoms. The largest absolute Gasteiger partial charge is 0.391 e. The first-order valence-electron chi connectivity index (χ1n) is 6.19. The Morgan fingerprint density at radius 1 is 1.00 bits per heavy atom. The number of hydrogen-bond donors (Lipinski definition) is 1. The molecule has 112 valence electrons. The third kappa shape index (κ3) is 4.46. The first-order chi connectivity index (χ1) is 9.87. The minimum Gasteiger partial charge on any atom is -0.375 e. The highest BCUT2D eigenvalue weighted by Gasteiger charge is 2.33. The van der Waals surface area contributed by atoms with Crippen LogP contribution in [-0.4, -0.2) is 6.18 Å². The first-order valence-corrected chi connectivity index (χ1v) is 6.98. The highest BCUT2D eigenvalue weighted by molar-refractivity contribution is 9.10. The third-order valence-corrected chi connectivity index (χ3v) is 3.58. The third-order valence-electron chi connectivity index (χ3n) is 2.92. The Balaban J connectivity index is 2.33. The number of anilines is 1. The van der Waals surface area contributed by atoms with E-state index >= 15 is 0 Å². The van der Waals surface area contributed by atoms with Gasteiger partial charge in [-0.1, -0.05) is 36.4 Å². The minimum atomic E-state index is -4.36. The Bertz CT molecular complexity index is 578. The van der Waals surface area contributed by atoms with E-state index in [1.54, 1.807) is 36.4 Å². The van der Waals surface area contributed by atoms with Crippen LogP contribution in [0.1, 0.15) is 18.0 Å². The zero-order valence-electron chi connectivity index (χ0n) is 10.8. The molecule has 2 aromatic rings. The molecule has 0 saturated carbocycles. The van der Waals surface area contributed by atoms with Crippen LogP contribution in [0.15, 0.2) is 53.0 Å². The molecule has 1 atom stereocenters. The second-order valence-electron chi connectivity index (χ2n) is 4.52. The van der Waals surface area contributed by atoms with Crippen LogP contribution in [-0.2, 0) is 0 Å². The molecule has 0 aromatic heterocycles. The van der Waals surface area contributed by atoms with Gasteiger partial charge in [0.05, 0.1) is 18.2 Å². The summed E-state index contributed by atoms with van der Waals surface area (Å²) < 4.78 is 52.4. The van der Waals surface area contributed by atoms with E-state index in [9.17, 15) is 17.6 Å². The SMILES string of the molecule is Fc1cccc(Br)c1NC(CC(F)(F)F)c1ccccc1. The summed E-state index contributed by atoms with van der Waals surface area (Å²) in [5.41, 5.74) is 0.473. The second kappa shape index (κ2) is 6.47. The molecule has 1 unspecified atom stereocenters. The van der Waals surface area contributed by atoms with E-state index in [0.29, 0.717) is 10.0 Å². The Kier molecular flexibility index (Phi) is 4.88. The highest BCUT2D eigenvalue weighted by Crippen LogP contribution is 2.35. The van der Waals surface area contributed by atoms with Gasteiger partial charge in [-0.15, -0.1) is 0 Å². The summed E-state index contributed by atoms with van der Waals surface area (Å²) in [5.74, 6) is -0.604. The van der Waals surface area contributed by atoms with Gasteiger partial charge >= 0.3 is 6.18 Å². The fourth-order valence-corrected chi connectivity index (χ4v) is 2.44. The summed E-state index contributed by atoms with van der Waals surface area (Å²) >= 11 is 3.14. The van der Waals surface area contributed by atoms with Crippen molar-refractivity contribution in [2.24, 2.45) is 0 Å². The van der Waals surface area contributed by atoms with E-state index in [1.807, 2.05) is 0 Å². The summed E-state index contributed by atoms with van der Waals surface area (Å²) in [5, 5.41) is 2.65. The number of hydrogen-bond acceptors (Lipinski definition) is 1. The van der Waals surface area contributed by atoms with Crippen LogP contribution in [0.2, 0.25) is 0 Å². The molecule has 0 heterocycles. The number of nitrogens with one attached hydrogen (secondary N) is 1. The molecular weight excluding hydrogens is 350 g/mol. The maximum absolute atomic E-state index is 13.8. The number of halogens is 5. The second-order valence-corrected chi connectivity index (χ2v) is 5.38. The van der Waals surface area contributed by atoms with Crippen LogP contribution in [0, 0.1) is 5.82 Å². The molecule has 6 heteroatoms. The fourth-order valence-electron chi connectivity index (χ4n) is 1.98. The average Bonchev–Trinajstić information content (AvgIpc) is 2.41. The minimum absolute atomic E-state index is 0.0237. The number of rotatable bonds is 4. The van der Waals surface area contributed by atoms with Crippen molar-refractivity contribution in [3.05, 3.63) is 64.4 Å². The van der Waals surface area contributed by atoms with Crippen LogP contribution in [0.5, 0.6) is 0 Å². The molecular formula is C15H12BrF4N. The van der Waals surface area contributed by atoms with Gasteiger partial charge in [0.1, 0.15) is 5.82 Å². The van der Waals surface area contributed by atoms with Gasteiger partial charge < -0.3 is 5.32 Å². The molecule has 0 aliphatic heterocycles. The summed E-state index contributed by atoms with van der Waals surface area (Å²) in [7, 11) is 0. The number of alkyl halides is 3. The van der Waals surface area contributed by atoms with Crippen LogP contribution in [0.3, 0.4) is 0 Å². The van der Waals surface area contributed by atoms with Crippen molar-refractivity contribution in [2.75, 3.05) is 5.32 Å². The van der Waals surface area contributed by atoms with E-state index < -0.39 is 24.5 Å². The lowest BCUT2D eigenvalue weighted by Crippen LogP contribution is -2.20. The monoisotopic (exact) mass is 361 g/mol. The van der Waals surface area contributed by atoms with Crippen LogP contribution >= 0.6 is 15.9 Å². The molecule has 0 fully saturated rings. The van der Waals surface area contributed by atoms with E-state index in [-0.39, 0.29) is 5.69 Å². The van der Waals surface area contributed by atoms with Crippen LogP contribution in [0.4, 0.5) is 23.2 Å². The topological polar surface area (TPSA) is 12.0 Å². The molecule has 1 nitrogen and oxygen atoms in total. The van der Waals surface area contributed by atoms with Crippen molar-refractivity contribution >= 4 is 21.6 Å². The highest BCUT2D eigenvalue weighted by atomic mass is 79.9. The predicted octanol–water partition coefficient (Wildman–Crippen LogP) is 5.69. The lowest BCUT2D eigenvalue weighted by molar-refractivity contribution is -0.137. The Hall–Kier alpha value is -1.56. The van der Waals surface area contributed by atoms with Gasteiger partial charge in [0.2, 0.25) is 0 Å². The quantitative estimate of drug-likeness (QED) is 0.689. The van der Waals surface area contributed by atoms with Gasteiger partial charge in [-0.05, 0) is 33.6 Å². The zero-order chi connectivity index (χ0) is 15.5. The van der Waals surface area contributed by atoms with E-state index in [2.05, 4.69) is 21.2 Å². The zero-order valence-corrected chi connectivity index (χ0v) is 12.4. The lowest BCUT2D eigenvalue weighted by atomic mass is 10.0. The summed E-state index contributed by atoms with van der Waals surface area (Å²) in [4.78, 5) is 0. The average molecular weight is 362 g/mol. The predicted molar refractivity (Wildman–Crippen MR) is 77.6 cm³/mol. The molecule has 1 N–H and O–H groups in total. The molecule has 0 radical (unpaired) electrons. The van der Waals surface area contributed by atoms with Gasteiger partial charge in [-0.3, -0.25) is 0 Å². The standard InChI is InChI=1S/C15H12BrF4N/c16-11-7-4-8-12(17)14(11)21-13(9-15(18,19)20)10-5-2-1-3-6-10/h1-8,13,21H,9H2. The maximum Gasteiger partial charge on any atom is 0.391 e. The summed E-state index contributed by atoms with van der Waals surface area (Å²) in [6.07, 6.45) is -5.44. The molecule has 0 aliphatic carbocycles. The molecule has 0 aliphatic rings.